The summed E-state index contributed by atoms with van der Waals surface area (Å²) in [6.45, 7) is 4.23. The molecule has 100 valence electrons. The number of aliphatic carboxylic acids is 4. The molecule has 0 fully saturated rings. The normalized spacial score (nSPS) is 9.72. The molecule has 0 amide bonds. The molecule has 18 heavy (non-hydrogen) atoms. The molecule has 0 bridgehead atoms. The molecule has 8 heteroatoms. The van der Waals surface area contributed by atoms with Gasteiger partial charge in [0.15, 0.2) is 0 Å². The van der Waals surface area contributed by atoms with Gasteiger partial charge in [-0.05, 0) is 6.92 Å². The lowest BCUT2D eigenvalue weighted by Crippen LogP contribution is -2.04. The second-order valence-electron chi connectivity index (χ2n) is 2.95. The largest absolute Gasteiger partial charge is 0.481 e. The van der Waals surface area contributed by atoms with Gasteiger partial charge in [0, 0.05) is 17.2 Å². The van der Waals surface area contributed by atoms with E-state index in [9.17, 15) is 19.2 Å². The summed E-state index contributed by atoms with van der Waals surface area (Å²) in [5.41, 5.74) is -0.481. The number of hydrogen-bond donors (Lipinski definition) is 4. The average Bonchev–Trinajstić information content (AvgIpc) is 2.16. The molecule has 0 atom stereocenters. The van der Waals surface area contributed by atoms with E-state index in [0.29, 0.717) is 6.08 Å². The van der Waals surface area contributed by atoms with Gasteiger partial charge in [0.1, 0.15) is 0 Å². The smallest absolute Gasteiger partial charge is 0.331 e. The first kappa shape index (κ1) is 17.7. The van der Waals surface area contributed by atoms with E-state index in [1.807, 2.05) is 0 Å². The third-order valence-corrected chi connectivity index (χ3v) is 1.34. The van der Waals surface area contributed by atoms with E-state index < -0.39 is 30.3 Å². The van der Waals surface area contributed by atoms with Crippen molar-refractivity contribution in [3.8, 4) is 0 Å². The zero-order valence-corrected chi connectivity index (χ0v) is 9.41. The summed E-state index contributed by atoms with van der Waals surface area (Å²) in [6.07, 6.45) is 0.137. The van der Waals surface area contributed by atoms with Crippen molar-refractivity contribution in [1.29, 1.82) is 0 Å². The van der Waals surface area contributed by atoms with E-state index in [1.54, 1.807) is 0 Å². The highest BCUT2D eigenvalue weighted by Crippen LogP contribution is 1.95. The molecular weight excluding hydrogens is 248 g/mol. The second-order valence-corrected chi connectivity index (χ2v) is 2.95. The van der Waals surface area contributed by atoms with E-state index in [1.165, 1.54) is 6.92 Å². The Morgan fingerprint density at radius 2 is 1.44 bits per heavy atom. The SMILES string of the molecule is C/C(=C\C(=O)O)C(=O)O.C=C(CC(=O)O)C(=O)O. The van der Waals surface area contributed by atoms with Gasteiger partial charge >= 0.3 is 23.9 Å². The molecule has 0 aliphatic heterocycles. The van der Waals surface area contributed by atoms with Crippen LogP contribution in [0.3, 0.4) is 0 Å². The molecule has 0 spiro atoms. The molecule has 4 N–H and O–H groups in total. The van der Waals surface area contributed by atoms with Gasteiger partial charge in [0.05, 0.1) is 6.42 Å². The molecule has 0 rings (SSSR count). The Morgan fingerprint density at radius 3 is 1.56 bits per heavy atom. The zero-order valence-electron chi connectivity index (χ0n) is 9.41. The Hall–Kier alpha value is -2.64. The molecule has 0 aliphatic rings. The van der Waals surface area contributed by atoms with Crippen LogP contribution in [-0.4, -0.2) is 44.3 Å². The van der Waals surface area contributed by atoms with Gasteiger partial charge < -0.3 is 20.4 Å². The summed E-state index contributed by atoms with van der Waals surface area (Å²) < 4.78 is 0. The number of rotatable bonds is 5. The Balaban J connectivity index is 0. The van der Waals surface area contributed by atoms with Crippen molar-refractivity contribution in [1.82, 2.24) is 0 Å². The van der Waals surface area contributed by atoms with E-state index in [0.717, 1.165) is 0 Å². The fraction of sp³-hybridized carbons (Fsp3) is 0.200. The first-order valence-electron chi connectivity index (χ1n) is 4.35. The van der Waals surface area contributed by atoms with Crippen LogP contribution in [0, 0.1) is 0 Å². The molecule has 0 heterocycles. The predicted molar refractivity (Wildman–Crippen MR) is 58.1 cm³/mol. The number of carboxylic acid groups (broad SMARTS) is 4. The standard InChI is InChI=1S/2C5H6O4/c2*1-3(5(8)9)2-4(6)7/h2H,1H3,(H,6,7)(H,8,9);1-2H2,(H,6,7)(H,8,9)/b3-2+;. The summed E-state index contributed by atoms with van der Waals surface area (Å²) >= 11 is 0. The summed E-state index contributed by atoms with van der Waals surface area (Å²) in [5, 5.41) is 32.2. The maximum absolute atomic E-state index is 9.90. The molecular formula is C10H12O8. The van der Waals surface area contributed by atoms with Gasteiger partial charge in [0.25, 0.3) is 0 Å². The van der Waals surface area contributed by atoms with Crippen LogP contribution >= 0.6 is 0 Å². The van der Waals surface area contributed by atoms with Crippen molar-refractivity contribution in [2.75, 3.05) is 0 Å². The quantitative estimate of drug-likeness (QED) is 0.512. The highest BCUT2D eigenvalue weighted by atomic mass is 16.4. The Bertz CT molecular complexity index is 404. The lowest BCUT2D eigenvalue weighted by Gasteiger charge is -1.91. The fourth-order valence-corrected chi connectivity index (χ4v) is 0.505. The van der Waals surface area contributed by atoms with Crippen molar-refractivity contribution in [3.63, 3.8) is 0 Å². The van der Waals surface area contributed by atoms with Crippen molar-refractivity contribution in [2.45, 2.75) is 13.3 Å². The van der Waals surface area contributed by atoms with Crippen LogP contribution < -0.4 is 0 Å². The summed E-state index contributed by atoms with van der Waals surface area (Å²) in [5.74, 6) is -4.90. The molecule has 0 saturated heterocycles. The number of hydrogen-bond acceptors (Lipinski definition) is 4. The minimum absolute atomic E-state index is 0.178. The molecule has 0 unspecified atom stereocenters. The van der Waals surface area contributed by atoms with Gasteiger partial charge in [-0.25, -0.2) is 14.4 Å². The second kappa shape index (κ2) is 8.50. The Labute approximate surface area is 101 Å². The maximum atomic E-state index is 9.90. The molecule has 8 nitrogen and oxygen atoms in total. The van der Waals surface area contributed by atoms with Crippen molar-refractivity contribution in [3.05, 3.63) is 23.8 Å². The first-order chi connectivity index (χ1) is 8.07. The lowest BCUT2D eigenvalue weighted by atomic mass is 10.2. The Morgan fingerprint density at radius 1 is 1.00 bits per heavy atom. The number of carboxylic acids is 4. The van der Waals surface area contributed by atoms with Gasteiger partial charge in [-0.3, -0.25) is 4.79 Å². The van der Waals surface area contributed by atoms with Crippen molar-refractivity contribution < 1.29 is 39.6 Å². The van der Waals surface area contributed by atoms with E-state index >= 15 is 0 Å². The van der Waals surface area contributed by atoms with Crippen LogP contribution in [0.15, 0.2) is 23.8 Å². The van der Waals surface area contributed by atoms with E-state index in [-0.39, 0.29) is 11.1 Å². The van der Waals surface area contributed by atoms with Crippen molar-refractivity contribution >= 4 is 23.9 Å². The molecule has 0 saturated carbocycles. The summed E-state index contributed by atoms with van der Waals surface area (Å²) in [6, 6.07) is 0. The molecule has 0 aliphatic carbocycles. The third kappa shape index (κ3) is 11.4. The molecule has 0 radical (unpaired) electrons. The fourth-order valence-electron chi connectivity index (χ4n) is 0.505. The van der Waals surface area contributed by atoms with E-state index in [4.69, 9.17) is 20.4 Å². The number of carbonyl (C=O) groups is 4. The topological polar surface area (TPSA) is 149 Å². The van der Waals surface area contributed by atoms with Crippen LogP contribution in [0.2, 0.25) is 0 Å². The molecule has 0 aromatic carbocycles. The maximum Gasteiger partial charge on any atom is 0.331 e. The third-order valence-electron chi connectivity index (χ3n) is 1.34. The highest BCUT2D eigenvalue weighted by Gasteiger charge is 2.07. The average molecular weight is 260 g/mol. The van der Waals surface area contributed by atoms with Crippen LogP contribution in [-0.2, 0) is 19.2 Å². The first-order valence-corrected chi connectivity index (χ1v) is 4.35. The van der Waals surface area contributed by atoms with Gasteiger partial charge in [0.2, 0.25) is 0 Å². The Kier molecular flexibility index (Phi) is 8.38. The van der Waals surface area contributed by atoms with Crippen LogP contribution in [0.4, 0.5) is 0 Å². The molecule has 0 aromatic rings. The van der Waals surface area contributed by atoms with Crippen LogP contribution in [0.5, 0.6) is 0 Å². The van der Waals surface area contributed by atoms with Crippen molar-refractivity contribution in [2.24, 2.45) is 0 Å². The highest BCUT2D eigenvalue weighted by molar-refractivity contribution is 5.94. The summed E-state index contributed by atoms with van der Waals surface area (Å²) in [7, 11) is 0. The van der Waals surface area contributed by atoms with Crippen LogP contribution in [0.25, 0.3) is 0 Å². The van der Waals surface area contributed by atoms with E-state index in [2.05, 4.69) is 6.58 Å². The summed E-state index contributed by atoms with van der Waals surface area (Å²) in [4.78, 5) is 39.3. The van der Waals surface area contributed by atoms with Gasteiger partial charge in [-0.2, -0.15) is 0 Å². The van der Waals surface area contributed by atoms with Gasteiger partial charge in [-0.15, -0.1) is 0 Å². The van der Waals surface area contributed by atoms with Gasteiger partial charge in [-0.1, -0.05) is 6.58 Å². The minimum atomic E-state index is -1.27. The zero-order chi connectivity index (χ0) is 14.9. The molecule has 0 aromatic heterocycles. The minimum Gasteiger partial charge on any atom is -0.481 e. The van der Waals surface area contributed by atoms with Crippen LogP contribution in [0.1, 0.15) is 13.3 Å². The monoisotopic (exact) mass is 260 g/mol. The predicted octanol–water partition coefficient (Wildman–Crippen LogP) is 0.204. The lowest BCUT2D eigenvalue weighted by molar-refractivity contribution is -0.139.